The predicted molar refractivity (Wildman–Crippen MR) is 89.9 cm³/mol. The van der Waals surface area contributed by atoms with Crippen LogP contribution in [0.15, 0.2) is 36.4 Å². The maximum absolute atomic E-state index is 12.6. The van der Waals surface area contributed by atoms with Gasteiger partial charge in [0, 0.05) is 5.56 Å². The SMILES string of the molecule is CC(C)[C@@H](CO)NC(=O)c1ccc2cccc3c2c1C=CC3. The molecule has 0 aromatic heterocycles. The zero-order chi connectivity index (χ0) is 15.7. The molecule has 2 aromatic rings. The van der Waals surface area contributed by atoms with Gasteiger partial charge in [-0.2, -0.15) is 0 Å². The minimum Gasteiger partial charge on any atom is -0.394 e. The van der Waals surface area contributed by atoms with Crippen LogP contribution in [-0.4, -0.2) is 23.7 Å². The lowest BCUT2D eigenvalue weighted by molar-refractivity contribution is 0.0897. The van der Waals surface area contributed by atoms with Gasteiger partial charge in [-0.1, -0.05) is 50.3 Å². The molecule has 0 fully saturated rings. The lowest BCUT2D eigenvalue weighted by Gasteiger charge is -2.22. The third kappa shape index (κ3) is 2.53. The van der Waals surface area contributed by atoms with Gasteiger partial charge in [0.25, 0.3) is 5.91 Å². The molecular formula is C19H21NO2. The van der Waals surface area contributed by atoms with Crippen LogP contribution in [0, 0.1) is 5.92 Å². The van der Waals surface area contributed by atoms with Crippen molar-refractivity contribution in [1.82, 2.24) is 5.32 Å². The molecule has 2 N–H and O–H groups in total. The van der Waals surface area contributed by atoms with Gasteiger partial charge in [0.05, 0.1) is 12.6 Å². The van der Waals surface area contributed by atoms with E-state index in [0.717, 1.165) is 17.4 Å². The first-order chi connectivity index (χ1) is 10.6. The van der Waals surface area contributed by atoms with Gasteiger partial charge in [-0.3, -0.25) is 4.79 Å². The van der Waals surface area contributed by atoms with E-state index in [2.05, 4.69) is 29.6 Å². The molecule has 0 spiro atoms. The number of allylic oxidation sites excluding steroid dienone is 1. The van der Waals surface area contributed by atoms with Crippen molar-refractivity contribution in [2.24, 2.45) is 5.92 Å². The summed E-state index contributed by atoms with van der Waals surface area (Å²) < 4.78 is 0. The van der Waals surface area contributed by atoms with E-state index >= 15 is 0 Å². The van der Waals surface area contributed by atoms with Crippen molar-refractivity contribution in [2.45, 2.75) is 26.3 Å². The highest BCUT2D eigenvalue weighted by Crippen LogP contribution is 2.31. The molecule has 1 aliphatic carbocycles. The van der Waals surface area contributed by atoms with E-state index in [1.807, 2.05) is 32.1 Å². The summed E-state index contributed by atoms with van der Waals surface area (Å²) in [5, 5.41) is 14.7. The number of carbonyl (C=O) groups excluding carboxylic acids is 1. The Hall–Kier alpha value is -2.13. The monoisotopic (exact) mass is 295 g/mol. The van der Waals surface area contributed by atoms with Crippen molar-refractivity contribution in [1.29, 1.82) is 0 Å². The number of hydrogen-bond donors (Lipinski definition) is 2. The molecule has 0 radical (unpaired) electrons. The Kier molecular flexibility index (Phi) is 3.99. The summed E-state index contributed by atoms with van der Waals surface area (Å²) in [5.74, 6) is 0.0721. The van der Waals surface area contributed by atoms with Gasteiger partial charge in [0.15, 0.2) is 0 Å². The fourth-order valence-electron chi connectivity index (χ4n) is 3.00. The quantitative estimate of drug-likeness (QED) is 0.910. The zero-order valence-electron chi connectivity index (χ0n) is 13.0. The fraction of sp³-hybridized carbons (Fsp3) is 0.316. The van der Waals surface area contributed by atoms with Crippen molar-refractivity contribution < 1.29 is 9.90 Å². The fourth-order valence-corrected chi connectivity index (χ4v) is 3.00. The largest absolute Gasteiger partial charge is 0.394 e. The molecule has 0 aliphatic heterocycles. The van der Waals surface area contributed by atoms with E-state index in [0.29, 0.717) is 5.56 Å². The van der Waals surface area contributed by atoms with Crippen LogP contribution in [-0.2, 0) is 6.42 Å². The van der Waals surface area contributed by atoms with Crippen LogP contribution in [0.5, 0.6) is 0 Å². The molecule has 2 aromatic carbocycles. The number of benzene rings is 2. The highest BCUT2D eigenvalue weighted by Gasteiger charge is 2.20. The highest BCUT2D eigenvalue weighted by molar-refractivity contribution is 6.06. The molecule has 114 valence electrons. The van der Waals surface area contributed by atoms with Crippen LogP contribution in [0.25, 0.3) is 16.8 Å². The van der Waals surface area contributed by atoms with Crippen molar-refractivity contribution in [3.8, 4) is 0 Å². The summed E-state index contributed by atoms with van der Waals surface area (Å²) in [4.78, 5) is 12.6. The van der Waals surface area contributed by atoms with Crippen molar-refractivity contribution in [3.63, 3.8) is 0 Å². The van der Waals surface area contributed by atoms with E-state index in [1.54, 1.807) is 0 Å². The summed E-state index contributed by atoms with van der Waals surface area (Å²) in [5.41, 5.74) is 2.92. The second-order valence-electron chi connectivity index (χ2n) is 6.16. The molecular weight excluding hydrogens is 274 g/mol. The standard InChI is InChI=1S/C19H21NO2/c1-12(2)17(11-21)20-19(22)16-10-9-14-6-3-5-13-7-4-8-15(16)18(13)14/h3-6,8-10,12,17,21H,7,11H2,1-2H3,(H,20,22)/t17-/m1/s1. The lowest BCUT2D eigenvalue weighted by Crippen LogP contribution is -2.41. The van der Waals surface area contributed by atoms with E-state index in [4.69, 9.17) is 0 Å². The van der Waals surface area contributed by atoms with E-state index in [-0.39, 0.29) is 24.5 Å². The Labute approximate surface area is 130 Å². The Balaban J connectivity index is 2.04. The third-order valence-corrected chi connectivity index (χ3v) is 4.36. The summed E-state index contributed by atoms with van der Waals surface area (Å²) in [6, 6.07) is 9.90. The van der Waals surface area contributed by atoms with Crippen LogP contribution >= 0.6 is 0 Å². The Morgan fingerprint density at radius 1 is 1.27 bits per heavy atom. The van der Waals surface area contributed by atoms with E-state index < -0.39 is 0 Å². The molecule has 0 bridgehead atoms. The molecule has 0 saturated carbocycles. The second-order valence-corrected chi connectivity index (χ2v) is 6.16. The van der Waals surface area contributed by atoms with Crippen molar-refractivity contribution >= 4 is 22.8 Å². The summed E-state index contributed by atoms with van der Waals surface area (Å²) >= 11 is 0. The molecule has 0 saturated heterocycles. The molecule has 1 aliphatic rings. The number of hydrogen-bond acceptors (Lipinski definition) is 2. The zero-order valence-corrected chi connectivity index (χ0v) is 13.0. The molecule has 3 nitrogen and oxygen atoms in total. The van der Waals surface area contributed by atoms with Gasteiger partial charge < -0.3 is 10.4 Å². The molecule has 1 atom stereocenters. The first kappa shape index (κ1) is 14.8. The molecule has 3 rings (SSSR count). The highest BCUT2D eigenvalue weighted by atomic mass is 16.3. The molecule has 1 amide bonds. The van der Waals surface area contributed by atoms with Gasteiger partial charge in [0.1, 0.15) is 0 Å². The first-order valence-corrected chi connectivity index (χ1v) is 7.74. The molecule has 0 heterocycles. The van der Waals surface area contributed by atoms with E-state index in [9.17, 15) is 9.90 Å². The normalized spacial score (nSPS) is 14.4. The predicted octanol–water partition coefficient (Wildman–Crippen LogP) is 3.16. The van der Waals surface area contributed by atoms with Crippen molar-refractivity contribution in [2.75, 3.05) is 6.61 Å². The lowest BCUT2D eigenvalue weighted by atomic mass is 9.89. The summed E-state index contributed by atoms with van der Waals surface area (Å²) in [7, 11) is 0. The van der Waals surface area contributed by atoms with Gasteiger partial charge in [-0.25, -0.2) is 0 Å². The number of carbonyl (C=O) groups is 1. The van der Waals surface area contributed by atoms with Crippen LogP contribution in [0.4, 0.5) is 0 Å². The number of nitrogens with one attached hydrogen (secondary N) is 1. The maximum atomic E-state index is 12.6. The number of aliphatic hydroxyl groups excluding tert-OH is 1. The Morgan fingerprint density at radius 2 is 2.09 bits per heavy atom. The van der Waals surface area contributed by atoms with Crippen LogP contribution in [0.3, 0.4) is 0 Å². The van der Waals surface area contributed by atoms with Gasteiger partial charge in [0.2, 0.25) is 0 Å². The summed E-state index contributed by atoms with van der Waals surface area (Å²) in [6.07, 6.45) is 5.04. The molecule has 0 unspecified atom stereocenters. The maximum Gasteiger partial charge on any atom is 0.252 e. The molecule has 22 heavy (non-hydrogen) atoms. The number of rotatable bonds is 4. The average Bonchev–Trinajstić information content (AvgIpc) is 2.53. The van der Waals surface area contributed by atoms with E-state index in [1.165, 1.54) is 10.9 Å². The van der Waals surface area contributed by atoms with Gasteiger partial charge in [-0.15, -0.1) is 0 Å². The topological polar surface area (TPSA) is 49.3 Å². The van der Waals surface area contributed by atoms with Crippen LogP contribution < -0.4 is 5.32 Å². The first-order valence-electron chi connectivity index (χ1n) is 7.74. The Morgan fingerprint density at radius 3 is 2.82 bits per heavy atom. The van der Waals surface area contributed by atoms with Gasteiger partial charge >= 0.3 is 0 Å². The van der Waals surface area contributed by atoms with Crippen molar-refractivity contribution in [3.05, 3.63) is 53.1 Å². The average molecular weight is 295 g/mol. The Bertz CT molecular complexity index is 746. The number of aliphatic hydroxyl groups is 1. The minimum absolute atomic E-state index is 0.0482. The number of amides is 1. The van der Waals surface area contributed by atoms with Gasteiger partial charge in [-0.05, 0) is 40.3 Å². The molecule has 3 heteroatoms. The minimum atomic E-state index is -0.224. The smallest absolute Gasteiger partial charge is 0.252 e. The third-order valence-electron chi connectivity index (χ3n) is 4.36. The summed E-state index contributed by atoms with van der Waals surface area (Å²) in [6.45, 7) is 3.93. The van der Waals surface area contributed by atoms with Crippen LogP contribution in [0.1, 0.15) is 35.3 Å². The van der Waals surface area contributed by atoms with Crippen LogP contribution in [0.2, 0.25) is 0 Å². The second kappa shape index (κ2) is 5.93.